The van der Waals surface area contributed by atoms with Crippen LogP contribution in [0.25, 0.3) is 0 Å². The van der Waals surface area contributed by atoms with Gasteiger partial charge in [0.1, 0.15) is 0 Å². The second-order valence-electron chi connectivity index (χ2n) is 5.48. The van der Waals surface area contributed by atoms with Gasteiger partial charge in [-0.2, -0.15) is 0 Å². The first-order valence-corrected chi connectivity index (χ1v) is 6.80. The van der Waals surface area contributed by atoms with Crippen molar-refractivity contribution in [1.82, 2.24) is 15.1 Å². The summed E-state index contributed by atoms with van der Waals surface area (Å²) in [6, 6.07) is 0.350. The van der Waals surface area contributed by atoms with Crippen molar-refractivity contribution in [1.29, 1.82) is 0 Å². The number of hydrogen-bond donors (Lipinski definition) is 1. The lowest BCUT2D eigenvalue weighted by molar-refractivity contribution is -0.140. The molecule has 2 aliphatic rings. The molecule has 2 saturated heterocycles. The predicted molar refractivity (Wildman–Crippen MR) is 69.0 cm³/mol. The number of likely N-dealkylation sites (tertiary alicyclic amines) is 1. The zero-order chi connectivity index (χ0) is 13.1. The minimum absolute atomic E-state index is 0.0962. The first-order chi connectivity index (χ1) is 8.59. The van der Waals surface area contributed by atoms with Gasteiger partial charge in [0.05, 0.1) is 0 Å². The second kappa shape index (κ2) is 5.69. The maximum absolute atomic E-state index is 12.0. The third-order valence-corrected chi connectivity index (χ3v) is 4.08. The van der Waals surface area contributed by atoms with E-state index in [1.165, 1.54) is 0 Å². The van der Waals surface area contributed by atoms with Crippen molar-refractivity contribution in [2.24, 2.45) is 5.92 Å². The van der Waals surface area contributed by atoms with Gasteiger partial charge in [-0.15, -0.1) is 0 Å². The van der Waals surface area contributed by atoms with Gasteiger partial charge in [-0.1, -0.05) is 0 Å². The first-order valence-electron chi connectivity index (χ1n) is 6.80. The lowest BCUT2D eigenvalue weighted by atomic mass is 9.84. The van der Waals surface area contributed by atoms with Crippen molar-refractivity contribution in [3.63, 3.8) is 0 Å². The Balaban J connectivity index is 1.95. The lowest BCUT2D eigenvalue weighted by Gasteiger charge is -2.44. The number of carbonyl (C=O) groups excluding carboxylic acids is 2. The number of nitrogens with zero attached hydrogens (tertiary/aromatic N) is 2. The zero-order valence-electron chi connectivity index (χ0n) is 11.3. The van der Waals surface area contributed by atoms with Gasteiger partial charge in [0, 0.05) is 39.5 Å². The Morgan fingerprint density at radius 1 is 1.44 bits per heavy atom. The molecule has 5 heteroatoms. The normalized spacial score (nSPS) is 27.9. The molecule has 2 aliphatic heterocycles. The van der Waals surface area contributed by atoms with Crippen molar-refractivity contribution in [2.75, 3.05) is 33.7 Å². The van der Waals surface area contributed by atoms with Crippen molar-refractivity contribution in [2.45, 2.75) is 31.7 Å². The van der Waals surface area contributed by atoms with Crippen LogP contribution in [0.1, 0.15) is 25.7 Å². The molecule has 102 valence electrons. The van der Waals surface area contributed by atoms with Crippen molar-refractivity contribution < 1.29 is 9.59 Å². The first kappa shape index (κ1) is 13.3. The van der Waals surface area contributed by atoms with E-state index in [0.29, 0.717) is 31.3 Å². The summed E-state index contributed by atoms with van der Waals surface area (Å²) in [7, 11) is 3.52. The average Bonchev–Trinajstić information content (AvgIpc) is 2.37. The Kier molecular flexibility index (Phi) is 4.22. The number of piperidine rings is 2. The molecule has 0 saturated carbocycles. The topological polar surface area (TPSA) is 52.7 Å². The molecule has 2 fully saturated rings. The highest BCUT2D eigenvalue weighted by molar-refractivity contribution is 5.79. The van der Waals surface area contributed by atoms with Crippen molar-refractivity contribution in [3.05, 3.63) is 0 Å². The molecule has 2 unspecified atom stereocenters. The zero-order valence-corrected chi connectivity index (χ0v) is 11.3. The summed E-state index contributed by atoms with van der Waals surface area (Å²) in [5, 5.41) is 3.39. The van der Waals surface area contributed by atoms with Gasteiger partial charge >= 0.3 is 0 Å². The molecule has 0 spiro atoms. The van der Waals surface area contributed by atoms with Gasteiger partial charge in [-0.3, -0.25) is 9.59 Å². The number of fused-ring (bicyclic) bond motifs is 1. The van der Waals surface area contributed by atoms with Crippen molar-refractivity contribution in [3.8, 4) is 0 Å². The van der Waals surface area contributed by atoms with Crippen molar-refractivity contribution >= 4 is 11.8 Å². The van der Waals surface area contributed by atoms with Crippen LogP contribution in [0.4, 0.5) is 0 Å². The van der Waals surface area contributed by atoms with Crippen LogP contribution in [0.15, 0.2) is 0 Å². The van der Waals surface area contributed by atoms with E-state index in [2.05, 4.69) is 5.32 Å². The Morgan fingerprint density at radius 3 is 2.94 bits per heavy atom. The largest absolute Gasteiger partial charge is 0.349 e. The molecule has 2 atom stereocenters. The molecule has 0 aliphatic carbocycles. The van der Waals surface area contributed by atoms with Crippen LogP contribution in [0.3, 0.4) is 0 Å². The fourth-order valence-corrected chi connectivity index (χ4v) is 2.98. The molecule has 18 heavy (non-hydrogen) atoms. The van der Waals surface area contributed by atoms with E-state index in [-0.39, 0.29) is 11.8 Å². The van der Waals surface area contributed by atoms with E-state index < -0.39 is 0 Å². The molecule has 2 amide bonds. The van der Waals surface area contributed by atoms with E-state index in [1.807, 2.05) is 4.90 Å². The summed E-state index contributed by atoms with van der Waals surface area (Å²) in [5.74, 6) is 0.898. The number of nitrogens with one attached hydrogen (secondary N) is 1. The second-order valence-corrected chi connectivity index (χ2v) is 5.48. The van der Waals surface area contributed by atoms with Crippen LogP contribution < -0.4 is 5.32 Å². The third-order valence-electron chi connectivity index (χ3n) is 4.08. The Morgan fingerprint density at radius 2 is 2.22 bits per heavy atom. The Bertz CT molecular complexity index is 330. The molecule has 0 aromatic heterocycles. The molecular weight excluding hydrogens is 230 g/mol. The highest BCUT2D eigenvalue weighted by atomic mass is 16.2. The molecule has 2 heterocycles. The van der Waals surface area contributed by atoms with Gasteiger partial charge in [0.15, 0.2) is 0 Å². The predicted octanol–water partition coefficient (Wildman–Crippen LogP) is 0.0652. The van der Waals surface area contributed by atoms with Crippen LogP contribution in [0, 0.1) is 5.92 Å². The maximum atomic E-state index is 12.0. The highest BCUT2D eigenvalue weighted by Gasteiger charge is 2.36. The molecular formula is C13H23N3O2. The SMILES string of the molecule is CN(C)C(=O)CCN1C(=O)CCC2CNCCC21. The smallest absolute Gasteiger partial charge is 0.223 e. The van der Waals surface area contributed by atoms with Crippen LogP contribution in [0.2, 0.25) is 0 Å². The lowest BCUT2D eigenvalue weighted by Crippen LogP contribution is -2.55. The monoisotopic (exact) mass is 253 g/mol. The fraction of sp³-hybridized carbons (Fsp3) is 0.846. The minimum Gasteiger partial charge on any atom is -0.349 e. The highest BCUT2D eigenvalue weighted by Crippen LogP contribution is 2.28. The van der Waals surface area contributed by atoms with E-state index in [9.17, 15) is 9.59 Å². The van der Waals surface area contributed by atoms with Crippen LogP contribution in [-0.4, -0.2) is 61.4 Å². The van der Waals surface area contributed by atoms with E-state index >= 15 is 0 Å². The molecule has 5 nitrogen and oxygen atoms in total. The number of rotatable bonds is 3. The summed E-state index contributed by atoms with van der Waals surface area (Å²) >= 11 is 0. The van der Waals surface area contributed by atoms with Gasteiger partial charge < -0.3 is 15.1 Å². The van der Waals surface area contributed by atoms with E-state index in [1.54, 1.807) is 19.0 Å². The molecule has 0 bridgehead atoms. The molecule has 2 rings (SSSR count). The fourth-order valence-electron chi connectivity index (χ4n) is 2.98. The molecule has 0 radical (unpaired) electrons. The number of carbonyl (C=O) groups is 2. The Hall–Kier alpha value is -1.10. The third kappa shape index (κ3) is 2.83. The summed E-state index contributed by atoms with van der Waals surface area (Å²) < 4.78 is 0. The van der Waals surface area contributed by atoms with Gasteiger partial charge in [-0.05, 0) is 31.8 Å². The van der Waals surface area contributed by atoms with Gasteiger partial charge in [0.2, 0.25) is 11.8 Å². The summed E-state index contributed by atoms with van der Waals surface area (Å²) in [5.41, 5.74) is 0. The van der Waals surface area contributed by atoms with Crippen LogP contribution in [0.5, 0.6) is 0 Å². The standard InChI is InChI=1S/C13H23N3O2/c1-15(2)12(17)6-8-16-11-5-7-14-9-10(11)3-4-13(16)18/h10-11,14H,3-9H2,1-2H3. The minimum atomic E-state index is 0.0962. The Labute approximate surface area is 108 Å². The van der Waals surface area contributed by atoms with Crippen LogP contribution >= 0.6 is 0 Å². The average molecular weight is 253 g/mol. The molecule has 0 aromatic rings. The number of hydrogen-bond acceptors (Lipinski definition) is 3. The van der Waals surface area contributed by atoms with Crippen LogP contribution in [-0.2, 0) is 9.59 Å². The summed E-state index contributed by atoms with van der Waals surface area (Å²) in [4.78, 5) is 27.2. The summed E-state index contributed by atoms with van der Waals surface area (Å²) in [6.07, 6.45) is 3.09. The number of amides is 2. The quantitative estimate of drug-likeness (QED) is 0.774. The van der Waals surface area contributed by atoms with Gasteiger partial charge in [0.25, 0.3) is 0 Å². The summed E-state index contributed by atoms with van der Waals surface area (Å²) in [6.45, 7) is 2.57. The van der Waals surface area contributed by atoms with E-state index in [4.69, 9.17) is 0 Å². The van der Waals surface area contributed by atoms with Gasteiger partial charge in [-0.25, -0.2) is 0 Å². The maximum Gasteiger partial charge on any atom is 0.223 e. The molecule has 0 aromatic carbocycles. The molecule has 1 N–H and O–H groups in total. The van der Waals surface area contributed by atoms with E-state index in [0.717, 1.165) is 25.9 Å².